The summed E-state index contributed by atoms with van der Waals surface area (Å²) in [5, 5.41) is 9.23. The van der Waals surface area contributed by atoms with Crippen LogP contribution in [0, 0.1) is 0 Å². The molecule has 1 aromatic heterocycles. The Hall–Kier alpha value is -1.36. The molecule has 1 rings (SSSR count). The molecule has 96 valence electrons. The molecule has 1 unspecified atom stereocenters. The van der Waals surface area contributed by atoms with Gasteiger partial charge in [-0.1, -0.05) is 13.8 Å². The SMILES string of the molecule is CC(O)CCN(C)c1cc(=O)[nH]c(C(C)C)n1. The van der Waals surface area contributed by atoms with E-state index >= 15 is 0 Å². The topological polar surface area (TPSA) is 69.2 Å². The Morgan fingerprint density at radius 1 is 1.47 bits per heavy atom. The lowest BCUT2D eigenvalue weighted by molar-refractivity contribution is 0.187. The zero-order valence-electron chi connectivity index (χ0n) is 10.9. The molecule has 0 amide bonds. The first-order chi connectivity index (χ1) is 7.90. The Morgan fingerprint density at radius 3 is 2.65 bits per heavy atom. The monoisotopic (exact) mass is 239 g/mol. The number of nitrogens with zero attached hydrogens (tertiary/aromatic N) is 2. The van der Waals surface area contributed by atoms with Crippen molar-refractivity contribution in [1.82, 2.24) is 9.97 Å². The number of anilines is 1. The van der Waals surface area contributed by atoms with E-state index in [2.05, 4.69) is 9.97 Å². The Labute approximate surface area is 102 Å². The number of nitrogens with one attached hydrogen (secondary N) is 1. The van der Waals surface area contributed by atoms with E-state index in [1.54, 1.807) is 6.92 Å². The summed E-state index contributed by atoms with van der Waals surface area (Å²) in [4.78, 5) is 20.5. The quantitative estimate of drug-likeness (QED) is 0.807. The highest BCUT2D eigenvalue weighted by Crippen LogP contribution is 2.12. The predicted molar refractivity (Wildman–Crippen MR) is 68.5 cm³/mol. The third kappa shape index (κ3) is 4.19. The number of aromatic nitrogens is 2. The standard InChI is InChI=1S/C12H21N3O2/c1-8(2)12-13-10(7-11(17)14-12)15(4)6-5-9(3)16/h7-9,16H,5-6H2,1-4H3,(H,13,14,17). The number of aromatic amines is 1. The fourth-order valence-corrected chi connectivity index (χ4v) is 1.43. The summed E-state index contributed by atoms with van der Waals surface area (Å²) in [6, 6.07) is 1.48. The van der Waals surface area contributed by atoms with Crippen LogP contribution in [0.3, 0.4) is 0 Å². The van der Waals surface area contributed by atoms with Gasteiger partial charge in [-0.25, -0.2) is 4.98 Å². The maximum atomic E-state index is 11.5. The number of aliphatic hydroxyl groups is 1. The van der Waals surface area contributed by atoms with Gasteiger partial charge in [0.25, 0.3) is 5.56 Å². The van der Waals surface area contributed by atoms with Crippen LogP contribution in [0.5, 0.6) is 0 Å². The number of hydrogen-bond acceptors (Lipinski definition) is 4. The number of hydrogen-bond donors (Lipinski definition) is 2. The first kappa shape index (κ1) is 13.7. The summed E-state index contributed by atoms with van der Waals surface area (Å²) >= 11 is 0. The molecule has 0 aliphatic carbocycles. The molecule has 0 saturated carbocycles. The first-order valence-electron chi connectivity index (χ1n) is 5.90. The Morgan fingerprint density at radius 2 is 2.12 bits per heavy atom. The number of H-pyrrole nitrogens is 1. The lowest BCUT2D eigenvalue weighted by Crippen LogP contribution is -2.25. The average molecular weight is 239 g/mol. The van der Waals surface area contributed by atoms with Crippen LogP contribution in [0.25, 0.3) is 0 Å². The Balaban J connectivity index is 2.86. The van der Waals surface area contributed by atoms with Crippen LogP contribution < -0.4 is 10.5 Å². The molecule has 0 saturated heterocycles. The van der Waals surface area contributed by atoms with Gasteiger partial charge < -0.3 is 15.0 Å². The molecule has 0 radical (unpaired) electrons. The summed E-state index contributed by atoms with van der Waals surface area (Å²) in [5.74, 6) is 1.53. The maximum Gasteiger partial charge on any atom is 0.252 e. The van der Waals surface area contributed by atoms with Crippen molar-refractivity contribution in [1.29, 1.82) is 0 Å². The van der Waals surface area contributed by atoms with Crippen LogP contribution in [0.1, 0.15) is 38.9 Å². The second kappa shape index (κ2) is 5.82. The van der Waals surface area contributed by atoms with Gasteiger partial charge in [-0.3, -0.25) is 4.79 Å². The molecule has 17 heavy (non-hydrogen) atoms. The minimum absolute atomic E-state index is 0.136. The van der Waals surface area contributed by atoms with Crippen LogP contribution in [0.15, 0.2) is 10.9 Å². The van der Waals surface area contributed by atoms with E-state index in [4.69, 9.17) is 0 Å². The van der Waals surface area contributed by atoms with E-state index in [1.807, 2.05) is 25.8 Å². The van der Waals surface area contributed by atoms with E-state index < -0.39 is 0 Å². The molecule has 2 N–H and O–H groups in total. The Bertz CT molecular complexity index is 412. The van der Waals surface area contributed by atoms with E-state index in [-0.39, 0.29) is 17.6 Å². The van der Waals surface area contributed by atoms with Gasteiger partial charge >= 0.3 is 0 Å². The summed E-state index contributed by atoms with van der Waals surface area (Å²) < 4.78 is 0. The van der Waals surface area contributed by atoms with Crippen molar-refractivity contribution in [3.63, 3.8) is 0 Å². The van der Waals surface area contributed by atoms with Gasteiger partial charge in [-0.05, 0) is 13.3 Å². The van der Waals surface area contributed by atoms with Gasteiger partial charge in [-0.2, -0.15) is 0 Å². The van der Waals surface area contributed by atoms with Crippen molar-refractivity contribution in [3.8, 4) is 0 Å². The lowest BCUT2D eigenvalue weighted by Gasteiger charge is -2.19. The fourth-order valence-electron chi connectivity index (χ4n) is 1.43. The fraction of sp³-hybridized carbons (Fsp3) is 0.667. The van der Waals surface area contributed by atoms with E-state index in [9.17, 15) is 9.90 Å². The van der Waals surface area contributed by atoms with Crippen molar-refractivity contribution < 1.29 is 5.11 Å². The molecule has 0 aromatic carbocycles. The highest BCUT2D eigenvalue weighted by atomic mass is 16.3. The molecule has 0 bridgehead atoms. The van der Waals surface area contributed by atoms with Crippen LogP contribution in [0.2, 0.25) is 0 Å². The van der Waals surface area contributed by atoms with Crippen molar-refractivity contribution in [3.05, 3.63) is 22.2 Å². The van der Waals surface area contributed by atoms with Crippen LogP contribution in [-0.2, 0) is 0 Å². The first-order valence-corrected chi connectivity index (χ1v) is 5.90. The zero-order chi connectivity index (χ0) is 13.0. The van der Waals surface area contributed by atoms with Crippen LogP contribution in [-0.4, -0.2) is 34.8 Å². The summed E-state index contributed by atoms with van der Waals surface area (Å²) in [6.45, 7) is 6.39. The van der Waals surface area contributed by atoms with Crippen molar-refractivity contribution in [2.75, 3.05) is 18.5 Å². The third-order valence-corrected chi connectivity index (χ3v) is 2.57. The molecule has 1 aromatic rings. The van der Waals surface area contributed by atoms with Crippen molar-refractivity contribution >= 4 is 5.82 Å². The molecule has 0 aliphatic rings. The second-order valence-corrected chi connectivity index (χ2v) is 4.70. The van der Waals surface area contributed by atoms with Gasteiger partial charge in [0.1, 0.15) is 11.6 Å². The Kier molecular flexibility index (Phi) is 4.69. The predicted octanol–water partition coefficient (Wildman–Crippen LogP) is 1.10. The highest BCUT2D eigenvalue weighted by molar-refractivity contribution is 5.36. The molecular formula is C12H21N3O2. The summed E-state index contributed by atoms with van der Waals surface area (Å²) in [7, 11) is 1.87. The van der Waals surface area contributed by atoms with E-state index in [0.717, 1.165) is 0 Å². The molecule has 0 spiro atoms. The molecule has 5 nitrogen and oxygen atoms in total. The molecule has 0 aliphatic heterocycles. The summed E-state index contributed by atoms with van der Waals surface area (Å²) in [6.07, 6.45) is 0.311. The van der Waals surface area contributed by atoms with Crippen molar-refractivity contribution in [2.45, 2.75) is 39.2 Å². The maximum absolute atomic E-state index is 11.5. The molecular weight excluding hydrogens is 218 g/mol. The normalized spacial score (nSPS) is 12.8. The average Bonchev–Trinajstić information content (AvgIpc) is 2.24. The number of rotatable bonds is 5. The van der Waals surface area contributed by atoms with E-state index in [0.29, 0.717) is 24.6 Å². The van der Waals surface area contributed by atoms with Crippen LogP contribution >= 0.6 is 0 Å². The molecule has 0 fully saturated rings. The minimum Gasteiger partial charge on any atom is -0.393 e. The van der Waals surface area contributed by atoms with Gasteiger partial charge in [-0.15, -0.1) is 0 Å². The van der Waals surface area contributed by atoms with Gasteiger partial charge in [0.15, 0.2) is 0 Å². The van der Waals surface area contributed by atoms with Gasteiger partial charge in [0.05, 0.1) is 6.10 Å². The third-order valence-electron chi connectivity index (χ3n) is 2.57. The largest absolute Gasteiger partial charge is 0.393 e. The lowest BCUT2D eigenvalue weighted by atomic mass is 10.2. The number of aliphatic hydroxyl groups excluding tert-OH is 1. The smallest absolute Gasteiger partial charge is 0.252 e. The highest BCUT2D eigenvalue weighted by Gasteiger charge is 2.09. The molecule has 5 heteroatoms. The molecule has 1 atom stereocenters. The van der Waals surface area contributed by atoms with Gasteiger partial charge in [0, 0.05) is 25.6 Å². The van der Waals surface area contributed by atoms with Crippen LogP contribution in [0.4, 0.5) is 5.82 Å². The minimum atomic E-state index is -0.344. The van der Waals surface area contributed by atoms with E-state index in [1.165, 1.54) is 6.07 Å². The van der Waals surface area contributed by atoms with Gasteiger partial charge in [0.2, 0.25) is 0 Å². The summed E-state index contributed by atoms with van der Waals surface area (Å²) in [5.41, 5.74) is -0.136. The van der Waals surface area contributed by atoms with Crippen molar-refractivity contribution in [2.24, 2.45) is 0 Å². The second-order valence-electron chi connectivity index (χ2n) is 4.70. The zero-order valence-corrected chi connectivity index (χ0v) is 10.9. The molecule has 1 heterocycles.